The monoisotopic (exact) mass is 598 g/mol. The van der Waals surface area contributed by atoms with Crippen molar-refractivity contribution in [1.29, 1.82) is 0 Å². The molecule has 2 aliphatic rings. The van der Waals surface area contributed by atoms with Gasteiger partial charge in [-0.3, -0.25) is 23.3 Å². The summed E-state index contributed by atoms with van der Waals surface area (Å²) in [5.74, 6) is 0.973. The number of rotatable bonds is 5. The highest BCUT2D eigenvalue weighted by atomic mass is 16.5. The molecule has 7 rings (SSSR count). The van der Waals surface area contributed by atoms with Crippen LogP contribution in [0.25, 0.3) is 38.9 Å². The van der Waals surface area contributed by atoms with E-state index in [1.165, 1.54) is 5.56 Å². The Labute approximate surface area is 257 Å². The van der Waals surface area contributed by atoms with E-state index < -0.39 is 0 Å². The molecule has 0 N–H and O–H groups in total. The van der Waals surface area contributed by atoms with Crippen LogP contribution in [0.3, 0.4) is 0 Å². The van der Waals surface area contributed by atoms with Gasteiger partial charge < -0.3 is 14.4 Å². The molecule has 2 aliphatic heterocycles. The molecular weight excluding hydrogens is 556 g/mol. The van der Waals surface area contributed by atoms with Crippen LogP contribution in [0.4, 0.5) is 5.69 Å². The predicted molar refractivity (Wildman–Crippen MR) is 173 cm³/mol. The largest absolute Gasteiger partial charge is 0.379 e. The number of morpholine rings is 2. The van der Waals surface area contributed by atoms with Crippen LogP contribution in [-0.4, -0.2) is 86.0 Å². The van der Waals surface area contributed by atoms with Crippen LogP contribution in [0, 0.1) is 0 Å². The first-order chi connectivity index (χ1) is 21.1. The minimum Gasteiger partial charge on any atom is -0.379 e. The molecule has 0 amide bonds. The highest BCUT2D eigenvalue weighted by Gasteiger charge is 2.28. The van der Waals surface area contributed by atoms with Crippen molar-refractivity contribution >= 4 is 27.8 Å². The lowest BCUT2D eigenvalue weighted by Gasteiger charge is -2.30. The quantitative estimate of drug-likeness (QED) is 0.306. The zero-order valence-electron chi connectivity index (χ0n) is 26.6. The average Bonchev–Trinajstić information content (AvgIpc) is 3.68. The molecule has 0 saturated carbocycles. The van der Waals surface area contributed by atoms with E-state index >= 15 is 0 Å². The van der Waals surface area contributed by atoms with Gasteiger partial charge in [0, 0.05) is 71.0 Å². The van der Waals surface area contributed by atoms with Crippen molar-refractivity contribution in [1.82, 2.24) is 33.4 Å². The number of aryl methyl sites for hydroxylation is 3. The highest BCUT2D eigenvalue weighted by molar-refractivity contribution is 5.93. The Balaban J connectivity index is 1.50. The van der Waals surface area contributed by atoms with Gasteiger partial charge in [0.2, 0.25) is 0 Å². The van der Waals surface area contributed by atoms with E-state index in [-0.39, 0.29) is 11.1 Å². The number of hydrogen-bond acceptors (Lipinski definition) is 7. The number of benzene rings is 2. The van der Waals surface area contributed by atoms with Gasteiger partial charge in [-0.2, -0.15) is 5.10 Å². The van der Waals surface area contributed by atoms with Crippen LogP contribution < -0.4 is 10.6 Å². The molecule has 11 nitrogen and oxygen atoms in total. The first kappa shape index (κ1) is 28.8. The summed E-state index contributed by atoms with van der Waals surface area (Å²) in [5, 5.41) is 4.49. The molecule has 5 heterocycles. The number of ether oxygens (including phenoxy) is 2. The molecule has 5 aromatic rings. The Morgan fingerprint density at radius 2 is 1.57 bits per heavy atom. The van der Waals surface area contributed by atoms with E-state index in [9.17, 15) is 4.79 Å². The van der Waals surface area contributed by atoms with Crippen LogP contribution >= 0.6 is 0 Å². The first-order valence-electron chi connectivity index (χ1n) is 15.5. The molecule has 0 atom stereocenters. The van der Waals surface area contributed by atoms with Gasteiger partial charge in [-0.25, -0.2) is 9.78 Å². The van der Waals surface area contributed by atoms with Gasteiger partial charge >= 0.3 is 5.69 Å². The lowest BCUT2D eigenvalue weighted by Crippen LogP contribution is -2.36. The molecule has 2 saturated heterocycles. The molecule has 3 aromatic heterocycles. The topological polar surface area (TPSA) is 87.5 Å². The summed E-state index contributed by atoms with van der Waals surface area (Å²) in [6.45, 7) is 13.6. The second kappa shape index (κ2) is 10.9. The third kappa shape index (κ3) is 4.92. The molecule has 0 bridgehead atoms. The molecule has 44 heavy (non-hydrogen) atoms. The third-order valence-corrected chi connectivity index (χ3v) is 9.00. The normalized spacial score (nSPS) is 16.9. The van der Waals surface area contributed by atoms with E-state index in [0.29, 0.717) is 13.2 Å². The zero-order chi connectivity index (χ0) is 30.7. The molecule has 0 unspecified atom stereocenters. The summed E-state index contributed by atoms with van der Waals surface area (Å²) in [4.78, 5) is 23.3. The molecule has 11 heteroatoms. The van der Waals surface area contributed by atoms with Crippen molar-refractivity contribution in [3.8, 4) is 16.8 Å². The fraction of sp³-hybridized carbons (Fsp3) is 0.485. The highest BCUT2D eigenvalue weighted by Crippen LogP contribution is 2.37. The number of hydrogen-bond donors (Lipinski definition) is 0. The Kier molecular flexibility index (Phi) is 7.14. The van der Waals surface area contributed by atoms with Gasteiger partial charge in [-0.05, 0) is 35.4 Å². The van der Waals surface area contributed by atoms with Crippen LogP contribution in [0.15, 0.2) is 41.5 Å². The zero-order valence-corrected chi connectivity index (χ0v) is 26.6. The maximum absolute atomic E-state index is 13.2. The number of aromatic nitrogens is 6. The van der Waals surface area contributed by atoms with E-state index in [1.54, 1.807) is 9.13 Å². The smallest absolute Gasteiger partial charge is 0.328 e. The van der Waals surface area contributed by atoms with Crippen LogP contribution in [0.2, 0.25) is 0 Å². The van der Waals surface area contributed by atoms with Crippen LogP contribution in [0.5, 0.6) is 0 Å². The molecule has 0 aliphatic carbocycles. The summed E-state index contributed by atoms with van der Waals surface area (Å²) >= 11 is 0. The third-order valence-electron chi connectivity index (χ3n) is 9.00. The van der Waals surface area contributed by atoms with Crippen LogP contribution in [0.1, 0.15) is 32.2 Å². The Hall–Kier alpha value is -3.93. The Bertz CT molecular complexity index is 1910. The molecule has 0 radical (unpaired) electrons. The van der Waals surface area contributed by atoms with Gasteiger partial charge in [-0.1, -0.05) is 20.8 Å². The van der Waals surface area contributed by atoms with Crippen molar-refractivity contribution < 1.29 is 9.47 Å². The first-order valence-corrected chi connectivity index (χ1v) is 15.5. The maximum Gasteiger partial charge on any atom is 0.328 e. The second-order valence-electron chi connectivity index (χ2n) is 13.1. The standard InChI is InChI=1S/C33H42N8O3/c1-33(2,3)31-35-26-18-25(23-19-34-36(4)20-23)22(21-39-7-11-43-12-8-39)15-27(26)41(31)24-16-28-30(38(6)32(42)37(28)5)29(17-24)40-9-13-44-14-10-40/h15-20H,7-14,21H2,1-6H3. The number of anilines is 1. The fourth-order valence-corrected chi connectivity index (χ4v) is 6.68. The Morgan fingerprint density at radius 3 is 2.23 bits per heavy atom. The maximum atomic E-state index is 13.2. The second-order valence-corrected chi connectivity index (χ2v) is 13.1. The van der Waals surface area contributed by atoms with Crippen LogP contribution in [-0.2, 0) is 42.6 Å². The minimum atomic E-state index is -0.242. The molecule has 232 valence electrons. The summed E-state index contributed by atoms with van der Waals surface area (Å²) in [5.41, 5.74) is 9.07. The van der Waals surface area contributed by atoms with Gasteiger partial charge in [0.1, 0.15) is 5.82 Å². The fourth-order valence-electron chi connectivity index (χ4n) is 6.68. The minimum absolute atomic E-state index is 0.0351. The van der Waals surface area contributed by atoms with E-state index in [1.807, 2.05) is 32.0 Å². The lowest BCUT2D eigenvalue weighted by atomic mass is 9.95. The SMILES string of the molecule is Cn1cc(-c2cc3nc(C(C)(C)C)n(-c4cc(N5CCOCC5)c5c(c4)n(C)c(=O)n5C)c3cc2CN2CCOCC2)cn1. The van der Waals surface area contributed by atoms with E-state index in [4.69, 9.17) is 14.5 Å². The molecular formula is C33H42N8O3. The number of imidazole rings is 2. The van der Waals surface area contributed by atoms with Gasteiger partial charge in [-0.15, -0.1) is 0 Å². The number of fused-ring (bicyclic) bond motifs is 2. The van der Waals surface area contributed by atoms with Gasteiger partial charge in [0.05, 0.1) is 66.1 Å². The van der Waals surface area contributed by atoms with Crippen molar-refractivity contribution in [3.63, 3.8) is 0 Å². The van der Waals surface area contributed by atoms with Crippen molar-refractivity contribution in [2.45, 2.75) is 32.7 Å². The van der Waals surface area contributed by atoms with Gasteiger partial charge in [0.15, 0.2) is 0 Å². The average molecular weight is 599 g/mol. The lowest BCUT2D eigenvalue weighted by molar-refractivity contribution is 0.0343. The van der Waals surface area contributed by atoms with Crippen molar-refractivity contribution in [3.05, 3.63) is 58.5 Å². The van der Waals surface area contributed by atoms with E-state index in [2.05, 4.69) is 70.7 Å². The summed E-state index contributed by atoms with van der Waals surface area (Å²) < 4.78 is 19.0. The van der Waals surface area contributed by atoms with Gasteiger partial charge in [0.25, 0.3) is 0 Å². The summed E-state index contributed by atoms with van der Waals surface area (Å²) in [6, 6.07) is 8.93. The molecule has 2 fully saturated rings. The summed E-state index contributed by atoms with van der Waals surface area (Å²) in [6.07, 6.45) is 4.01. The number of nitrogens with zero attached hydrogens (tertiary/aromatic N) is 8. The molecule has 0 spiro atoms. The molecule has 2 aromatic carbocycles. The van der Waals surface area contributed by atoms with Crippen molar-refractivity contribution in [2.75, 3.05) is 57.5 Å². The Morgan fingerprint density at radius 1 is 0.864 bits per heavy atom. The van der Waals surface area contributed by atoms with E-state index in [0.717, 1.165) is 96.3 Å². The predicted octanol–water partition coefficient (Wildman–Crippen LogP) is 3.58. The van der Waals surface area contributed by atoms with Crippen molar-refractivity contribution in [2.24, 2.45) is 21.1 Å². The summed E-state index contributed by atoms with van der Waals surface area (Å²) in [7, 11) is 5.67.